The molecular weight excluding hydrogens is 198 g/mol. The normalized spacial score (nSPS) is 11.7. The molecule has 0 bridgehead atoms. The SMILES string of the molecule is COC(=O)CCCC(=O)NC(C)C(C)=O. The van der Waals surface area contributed by atoms with Crippen LogP contribution in [0.25, 0.3) is 0 Å². The van der Waals surface area contributed by atoms with Gasteiger partial charge in [-0.05, 0) is 20.3 Å². The van der Waals surface area contributed by atoms with E-state index >= 15 is 0 Å². The number of rotatable bonds is 6. The van der Waals surface area contributed by atoms with E-state index < -0.39 is 6.04 Å². The van der Waals surface area contributed by atoms with Gasteiger partial charge in [0.25, 0.3) is 0 Å². The summed E-state index contributed by atoms with van der Waals surface area (Å²) in [7, 11) is 1.31. The smallest absolute Gasteiger partial charge is 0.305 e. The lowest BCUT2D eigenvalue weighted by Gasteiger charge is -2.09. The molecule has 86 valence electrons. The van der Waals surface area contributed by atoms with Crippen LogP contribution in [-0.4, -0.2) is 30.8 Å². The number of carbonyl (C=O) groups excluding carboxylic acids is 3. The van der Waals surface area contributed by atoms with Crippen molar-refractivity contribution >= 4 is 17.7 Å². The summed E-state index contributed by atoms with van der Waals surface area (Å²) in [5.41, 5.74) is 0. The number of hydrogen-bond acceptors (Lipinski definition) is 4. The highest BCUT2D eigenvalue weighted by Gasteiger charge is 2.11. The fourth-order valence-electron chi connectivity index (χ4n) is 0.911. The standard InChI is InChI=1S/C10H17NO4/c1-7(8(2)12)11-9(13)5-4-6-10(14)15-3/h7H,4-6H2,1-3H3,(H,11,13). The van der Waals surface area contributed by atoms with Gasteiger partial charge in [0.05, 0.1) is 13.2 Å². The summed E-state index contributed by atoms with van der Waals surface area (Å²) in [6, 6.07) is -0.462. The van der Waals surface area contributed by atoms with Gasteiger partial charge in [-0.3, -0.25) is 14.4 Å². The second kappa shape index (κ2) is 6.98. The van der Waals surface area contributed by atoms with E-state index in [4.69, 9.17) is 0 Å². The highest BCUT2D eigenvalue weighted by Crippen LogP contribution is 1.97. The summed E-state index contributed by atoms with van der Waals surface area (Å²) in [6.07, 6.45) is 0.883. The first kappa shape index (κ1) is 13.6. The number of hydrogen-bond donors (Lipinski definition) is 1. The second-order valence-electron chi connectivity index (χ2n) is 3.33. The predicted octanol–water partition coefficient (Wildman–Crippen LogP) is 0.423. The zero-order valence-corrected chi connectivity index (χ0v) is 9.33. The largest absolute Gasteiger partial charge is 0.469 e. The summed E-state index contributed by atoms with van der Waals surface area (Å²) in [6.45, 7) is 3.04. The van der Waals surface area contributed by atoms with Crippen LogP contribution in [0.4, 0.5) is 0 Å². The molecule has 0 saturated heterocycles. The van der Waals surface area contributed by atoms with Gasteiger partial charge in [0, 0.05) is 12.8 Å². The fourth-order valence-corrected chi connectivity index (χ4v) is 0.911. The van der Waals surface area contributed by atoms with E-state index in [9.17, 15) is 14.4 Å². The summed E-state index contributed by atoms with van der Waals surface area (Å²) >= 11 is 0. The number of ketones is 1. The van der Waals surface area contributed by atoms with Crippen molar-refractivity contribution in [1.29, 1.82) is 0 Å². The van der Waals surface area contributed by atoms with Crippen molar-refractivity contribution < 1.29 is 19.1 Å². The zero-order valence-electron chi connectivity index (χ0n) is 9.33. The van der Waals surface area contributed by atoms with E-state index in [0.717, 1.165) is 0 Å². The van der Waals surface area contributed by atoms with Crippen LogP contribution >= 0.6 is 0 Å². The van der Waals surface area contributed by atoms with E-state index in [0.29, 0.717) is 6.42 Å². The minimum Gasteiger partial charge on any atom is -0.469 e. The lowest BCUT2D eigenvalue weighted by Crippen LogP contribution is -2.37. The highest BCUT2D eigenvalue weighted by molar-refractivity contribution is 5.87. The van der Waals surface area contributed by atoms with Crippen molar-refractivity contribution in [3.63, 3.8) is 0 Å². The van der Waals surface area contributed by atoms with Gasteiger partial charge in [-0.2, -0.15) is 0 Å². The molecule has 0 rings (SSSR count). The van der Waals surface area contributed by atoms with Crippen LogP contribution in [0, 0.1) is 0 Å². The van der Waals surface area contributed by atoms with Gasteiger partial charge < -0.3 is 10.1 Å². The first-order valence-electron chi connectivity index (χ1n) is 4.84. The van der Waals surface area contributed by atoms with E-state index in [-0.39, 0.29) is 30.5 Å². The van der Waals surface area contributed by atoms with Gasteiger partial charge in [0.2, 0.25) is 5.91 Å². The Bertz CT molecular complexity index is 250. The van der Waals surface area contributed by atoms with Crippen LogP contribution in [0.3, 0.4) is 0 Å². The molecule has 1 N–H and O–H groups in total. The Morgan fingerprint density at radius 3 is 2.33 bits per heavy atom. The predicted molar refractivity (Wildman–Crippen MR) is 54.2 cm³/mol. The molecule has 1 unspecified atom stereocenters. The molecule has 0 aliphatic heterocycles. The third kappa shape index (κ3) is 6.65. The summed E-state index contributed by atoms with van der Waals surface area (Å²) in [5, 5.41) is 2.53. The number of carbonyl (C=O) groups is 3. The monoisotopic (exact) mass is 215 g/mol. The third-order valence-corrected chi connectivity index (χ3v) is 2.00. The molecule has 5 heteroatoms. The maximum absolute atomic E-state index is 11.2. The summed E-state index contributed by atoms with van der Waals surface area (Å²) < 4.78 is 4.43. The number of nitrogens with one attached hydrogen (secondary N) is 1. The molecule has 5 nitrogen and oxygen atoms in total. The Balaban J connectivity index is 3.67. The van der Waals surface area contributed by atoms with Crippen molar-refractivity contribution in [2.75, 3.05) is 7.11 Å². The molecule has 0 spiro atoms. The lowest BCUT2D eigenvalue weighted by atomic mass is 10.2. The Hall–Kier alpha value is -1.39. The van der Waals surface area contributed by atoms with Gasteiger partial charge in [0.15, 0.2) is 5.78 Å². The minimum atomic E-state index is -0.462. The molecule has 0 fully saturated rings. The second-order valence-corrected chi connectivity index (χ2v) is 3.33. The molecule has 0 aliphatic carbocycles. The Labute approximate surface area is 89.2 Å². The first-order chi connectivity index (χ1) is 6.97. The Kier molecular flexibility index (Phi) is 6.33. The maximum Gasteiger partial charge on any atom is 0.305 e. The van der Waals surface area contributed by atoms with Crippen LogP contribution in [0.5, 0.6) is 0 Å². The molecule has 0 aromatic rings. The molecular formula is C10H17NO4. The average molecular weight is 215 g/mol. The van der Waals surface area contributed by atoms with E-state index in [1.54, 1.807) is 6.92 Å². The van der Waals surface area contributed by atoms with Gasteiger partial charge in [-0.15, -0.1) is 0 Å². The van der Waals surface area contributed by atoms with Crippen molar-refractivity contribution in [3.05, 3.63) is 0 Å². The first-order valence-corrected chi connectivity index (χ1v) is 4.84. The van der Waals surface area contributed by atoms with E-state index in [1.807, 2.05) is 0 Å². The number of esters is 1. The molecule has 0 aromatic carbocycles. The molecule has 0 radical (unpaired) electrons. The summed E-state index contributed by atoms with van der Waals surface area (Å²) in [4.78, 5) is 32.7. The summed E-state index contributed by atoms with van der Waals surface area (Å²) in [5.74, 6) is -0.639. The zero-order chi connectivity index (χ0) is 11.8. The molecule has 0 aromatic heterocycles. The average Bonchev–Trinajstić information content (AvgIpc) is 2.17. The van der Waals surface area contributed by atoms with Crippen molar-refractivity contribution in [2.24, 2.45) is 0 Å². The lowest BCUT2D eigenvalue weighted by molar-refractivity contribution is -0.140. The maximum atomic E-state index is 11.2. The number of ether oxygens (including phenoxy) is 1. The third-order valence-electron chi connectivity index (χ3n) is 2.00. The molecule has 1 amide bonds. The fraction of sp³-hybridized carbons (Fsp3) is 0.700. The van der Waals surface area contributed by atoms with Gasteiger partial charge in [-0.1, -0.05) is 0 Å². The molecule has 0 saturated carbocycles. The molecule has 0 aliphatic rings. The van der Waals surface area contributed by atoms with Crippen molar-refractivity contribution in [3.8, 4) is 0 Å². The van der Waals surface area contributed by atoms with Gasteiger partial charge >= 0.3 is 5.97 Å². The van der Waals surface area contributed by atoms with Crippen LogP contribution < -0.4 is 5.32 Å². The van der Waals surface area contributed by atoms with E-state index in [2.05, 4.69) is 10.1 Å². The Morgan fingerprint density at radius 2 is 1.87 bits per heavy atom. The van der Waals surface area contributed by atoms with Crippen molar-refractivity contribution in [2.45, 2.75) is 39.2 Å². The van der Waals surface area contributed by atoms with Crippen LogP contribution in [0.2, 0.25) is 0 Å². The van der Waals surface area contributed by atoms with Crippen LogP contribution in [0.15, 0.2) is 0 Å². The number of Topliss-reactive ketones (excluding diaryl/α,β-unsaturated/α-hetero) is 1. The van der Waals surface area contributed by atoms with Gasteiger partial charge in [-0.25, -0.2) is 0 Å². The molecule has 0 heterocycles. The highest BCUT2D eigenvalue weighted by atomic mass is 16.5. The van der Waals surface area contributed by atoms with Crippen molar-refractivity contribution in [1.82, 2.24) is 5.32 Å². The number of amides is 1. The van der Waals surface area contributed by atoms with Gasteiger partial charge in [0.1, 0.15) is 0 Å². The molecule has 15 heavy (non-hydrogen) atoms. The Morgan fingerprint density at radius 1 is 1.27 bits per heavy atom. The van der Waals surface area contributed by atoms with E-state index in [1.165, 1.54) is 14.0 Å². The minimum absolute atomic E-state index is 0.0867. The van der Waals surface area contributed by atoms with Crippen LogP contribution in [0.1, 0.15) is 33.1 Å². The quantitative estimate of drug-likeness (QED) is 0.652. The van der Waals surface area contributed by atoms with Crippen LogP contribution in [-0.2, 0) is 19.1 Å². The topological polar surface area (TPSA) is 72.5 Å². The molecule has 1 atom stereocenters. The number of methoxy groups -OCH3 is 1.